The van der Waals surface area contributed by atoms with Gasteiger partial charge in [-0.05, 0) is 80.2 Å². The summed E-state index contributed by atoms with van der Waals surface area (Å²) < 4.78 is 5.76. The minimum absolute atomic E-state index is 0.140. The lowest BCUT2D eigenvalue weighted by molar-refractivity contribution is 0.182. The van der Waals surface area contributed by atoms with E-state index >= 15 is 0 Å². The van der Waals surface area contributed by atoms with Crippen LogP contribution in [0.5, 0.6) is 17.2 Å². The molecule has 0 amide bonds. The summed E-state index contributed by atoms with van der Waals surface area (Å²) in [7, 11) is 1.69. The summed E-state index contributed by atoms with van der Waals surface area (Å²) in [5, 5.41) is 22.6. The van der Waals surface area contributed by atoms with Gasteiger partial charge >= 0.3 is 0 Å². The van der Waals surface area contributed by atoms with Gasteiger partial charge in [0.2, 0.25) is 0 Å². The predicted molar refractivity (Wildman–Crippen MR) is 143 cm³/mol. The number of aromatic hydroxyl groups is 2. The third-order valence-corrected chi connectivity index (χ3v) is 6.79. The monoisotopic (exact) mass is 469 g/mol. The molecule has 0 bridgehead atoms. The Morgan fingerprint density at radius 3 is 2.26 bits per heavy atom. The first-order valence-electron chi connectivity index (χ1n) is 12.3. The van der Waals surface area contributed by atoms with E-state index in [1.165, 1.54) is 6.42 Å². The molecule has 1 unspecified atom stereocenters. The number of methoxy groups -OCH3 is 1. The molecule has 3 aromatic carbocycles. The minimum Gasteiger partial charge on any atom is -0.507 e. The molecule has 35 heavy (non-hydrogen) atoms. The summed E-state index contributed by atoms with van der Waals surface area (Å²) >= 11 is 0. The molecule has 4 heteroatoms. The highest BCUT2D eigenvalue weighted by Crippen LogP contribution is 2.46. The van der Waals surface area contributed by atoms with Gasteiger partial charge in [0.25, 0.3) is 0 Å². The van der Waals surface area contributed by atoms with E-state index in [0.29, 0.717) is 24.0 Å². The summed E-state index contributed by atoms with van der Waals surface area (Å²) in [6, 6.07) is 17.4. The third kappa shape index (κ3) is 5.28. The number of ether oxygens (including phenoxy) is 1. The number of phenols is 2. The van der Waals surface area contributed by atoms with Crippen molar-refractivity contribution in [1.82, 2.24) is 4.90 Å². The van der Waals surface area contributed by atoms with Gasteiger partial charge in [-0.1, -0.05) is 42.8 Å². The van der Waals surface area contributed by atoms with Gasteiger partial charge in [0.15, 0.2) is 0 Å². The first-order chi connectivity index (χ1) is 17.1. The minimum atomic E-state index is -0.173. The van der Waals surface area contributed by atoms with Gasteiger partial charge in [-0.2, -0.15) is 0 Å². The number of phenolic OH excluding ortho intramolecular Hbond substituents is 2. The lowest BCUT2D eigenvalue weighted by Gasteiger charge is -2.36. The third-order valence-electron chi connectivity index (χ3n) is 6.79. The molecule has 1 saturated heterocycles. The second-order valence-corrected chi connectivity index (χ2v) is 9.16. The van der Waals surface area contributed by atoms with Crippen molar-refractivity contribution in [2.75, 3.05) is 20.2 Å². The van der Waals surface area contributed by atoms with Gasteiger partial charge in [0, 0.05) is 22.3 Å². The molecule has 1 heterocycles. The first-order valence-corrected chi connectivity index (χ1v) is 12.3. The molecule has 1 aliphatic rings. The Balaban J connectivity index is 1.96. The maximum absolute atomic E-state index is 11.8. The van der Waals surface area contributed by atoms with Gasteiger partial charge in [-0.15, -0.1) is 13.2 Å². The van der Waals surface area contributed by atoms with Crippen LogP contribution in [0.2, 0.25) is 0 Å². The molecular formula is C31H35NO3. The number of allylic oxidation sites excluding steroid dienone is 2. The molecule has 4 nitrogen and oxygen atoms in total. The van der Waals surface area contributed by atoms with Crippen LogP contribution >= 0.6 is 0 Å². The Morgan fingerprint density at radius 1 is 0.857 bits per heavy atom. The van der Waals surface area contributed by atoms with E-state index in [2.05, 4.69) is 30.2 Å². The number of hydrogen-bond donors (Lipinski definition) is 2. The fraction of sp³-hybridized carbons (Fsp3) is 0.290. The van der Waals surface area contributed by atoms with Crippen LogP contribution in [0.1, 0.15) is 47.6 Å². The number of likely N-dealkylation sites (tertiary alicyclic amines) is 1. The number of rotatable bonds is 9. The molecule has 0 aromatic heterocycles. The van der Waals surface area contributed by atoms with Crippen LogP contribution in [0.25, 0.3) is 11.1 Å². The van der Waals surface area contributed by atoms with E-state index in [9.17, 15) is 10.2 Å². The molecule has 1 fully saturated rings. The van der Waals surface area contributed by atoms with Crippen LogP contribution in [0, 0.1) is 0 Å². The number of benzene rings is 3. The highest BCUT2D eigenvalue weighted by molar-refractivity contribution is 5.78. The van der Waals surface area contributed by atoms with Crippen molar-refractivity contribution in [3.8, 4) is 28.4 Å². The molecular weight excluding hydrogens is 434 g/mol. The van der Waals surface area contributed by atoms with Crippen molar-refractivity contribution in [3.63, 3.8) is 0 Å². The maximum atomic E-state index is 11.8. The zero-order valence-corrected chi connectivity index (χ0v) is 20.5. The summed E-state index contributed by atoms with van der Waals surface area (Å²) in [5.74, 6) is 1.13. The van der Waals surface area contributed by atoms with Crippen molar-refractivity contribution in [2.24, 2.45) is 0 Å². The largest absolute Gasteiger partial charge is 0.507 e. The molecule has 3 aromatic rings. The summed E-state index contributed by atoms with van der Waals surface area (Å²) in [6.45, 7) is 9.66. The first kappa shape index (κ1) is 24.6. The average molecular weight is 470 g/mol. The molecule has 0 spiro atoms. The molecule has 1 atom stereocenters. The standard InChI is InChI=1S/C31H35NO3/c1-4-11-22-15-16-28(33)25(19-22)26-20-23(12-5-2)21-27(31(26)34)30(32-17-9-6-10-18-32)24-13-7-8-14-29(24)35-3/h4-5,7-8,13-16,19-21,30,33-34H,1-2,6,9-12,17-18H2,3H3. The summed E-state index contributed by atoms with van der Waals surface area (Å²) in [5.41, 5.74) is 5.15. The van der Waals surface area contributed by atoms with Crippen LogP contribution in [0.4, 0.5) is 0 Å². The lowest BCUT2D eigenvalue weighted by Crippen LogP contribution is -2.34. The average Bonchev–Trinajstić information content (AvgIpc) is 2.88. The second-order valence-electron chi connectivity index (χ2n) is 9.16. The molecule has 4 rings (SSSR count). The summed E-state index contributed by atoms with van der Waals surface area (Å²) in [6.07, 6.45) is 8.51. The molecule has 0 radical (unpaired) electrons. The molecule has 0 saturated carbocycles. The van der Waals surface area contributed by atoms with Gasteiger partial charge in [-0.25, -0.2) is 0 Å². The number of para-hydroxylation sites is 1. The Kier molecular flexibility index (Phi) is 7.94. The van der Waals surface area contributed by atoms with Gasteiger partial charge in [0.1, 0.15) is 17.2 Å². The lowest BCUT2D eigenvalue weighted by atomic mass is 9.88. The Hall–Kier alpha value is -3.50. The molecule has 0 aliphatic carbocycles. The number of hydrogen-bond acceptors (Lipinski definition) is 4. The van der Waals surface area contributed by atoms with Crippen LogP contribution in [0.3, 0.4) is 0 Å². The maximum Gasteiger partial charge on any atom is 0.128 e. The predicted octanol–water partition coefficient (Wildman–Crippen LogP) is 6.81. The quantitative estimate of drug-likeness (QED) is 0.338. The smallest absolute Gasteiger partial charge is 0.128 e. The number of nitrogens with zero attached hydrogens (tertiary/aromatic N) is 1. The van der Waals surface area contributed by atoms with E-state index in [-0.39, 0.29) is 17.5 Å². The SMILES string of the molecule is C=CCc1ccc(O)c(-c2cc(CC=C)cc(C(c3ccccc3OC)N3CCCCC3)c2O)c1. The van der Waals surface area contributed by atoms with E-state index in [4.69, 9.17) is 4.74 Å². The molecule has 1 aliphatic heterocycles. The van der Waals surface area contributed by atoms with Gasteiger partial charge < -0.3 is 14.9 Å². The van der Waals surface area contributed by atoms with Crippen LogP contribution in [-0.2, 0) is 12.8 Å². The molecule has 182 valence electrons. The Bertz CT molecular complexity index is 1190. The van der Waals surface area contributed by atoms with Crippen molar-refractivity contribution < 1.29 is 14.9 Å². The highest BCUT2D eigenvalue weighted by atomic mass is 16.5. The van der Waals surface area contributed by atoms with Crippen molar-refractivity contribution in [3.05, 3.63) is 102 Å². The van der Waals surface area contributed by atoms with E-state index < -0.39 is 0 Å². The Labute approximate surface area is 208 Å². The fourth-order valence-corrected chi connectivity index (χ4v) is 5.14. The van der Waals surface area contributed by atoms with Gasteiger partial charge in [-0.3, -0.25) is 4.90 Å². The fourth-order valence-electron chi connectivity index (χ4n) is 5.14. The van der Waals surface area contributed by atoms with E-state index in [1.807, 2.05) is 48.6 Å². The van der Waals surface area contributed by atoms with Gasteiger partial charge in [0.05, 0.1) is 13.2 Å². The van der Waals surface area contributed by atoms with Crippen LogP contribution < -0.4 is 4.74 Å². The van der Waals surface area contributed by atoms with Crippen LogP contribution in [-0.4, -0.2) is 35.3 Å². The van der Waals surface area contributed by atoms with Crippen molar-refractivity contribution in [2.45, 2.75) is 38.1 Å². The topological polar surface area (TPSA) is 52.9 Å². The normalized spacial score (nSPS) is 14.9. The van der Waals surface area contributed by atoms with E-state index in [1.54, 1.807) is 13.2 Å². The second kappa shape index (κ2) is 11.3. The zero-order valence-electron chi connectivity index (χ0n) is 20.5. The Morgan fingerprint density at radius 2 is 1.54 bits per heavy atom. The van der Waals surface area contributed by atoms with E-state index in [0.717, 1.165) is 53.9 Å². The highest BCUT2D eigenvalue weighted by Gasteiger charge is 2.30. The van der Waals surface area contributed by atoms with Crippen molar-refractivity contribution >= 4 is 0 Å². The number of piperidine rings is 1. The summed E-state index contributed by atoms with van der Waals surface area (Å²) in [4.78, 5) is 2.44. The van der Waals surface area contributed by atoms with Crippen LogP contribution in [0.15, 0.2) is 79.9 Å². The van der Waals surface area contributed by atoms with Crippen molar-refractivity contribution in [1.29, 1.82) is 0 Å². The molecule has 2 N–H and O–H groups in total. The zero-order chi connectivity index (χ0) is 24.8.